The molecule has 0 aliphatic heterocycles. The lowest BCUT2D eigenvalue weighted by Gasteiger charge is -2.06. The largest absolute Gasteiger partial charge is 0.437 e. The van der Waals surface area contributed by atoms with Crippen molar-refractivity contribution in [2.75, 3.05) is 0 Å². The summed E-state index contributed by atoms with van der Waals surface area (Å²) in [6.07, 6.45) is 3.82. The average molecular weight is 242 g/mol. The topological polar surface area (TPSA) is 84.9 Å². The number of aryl methyl sites for hydroxylation is 1. The number of ether oxygens (including phenoxy) is 1. The van der Waals surface area contributed by atoms with Gasteiger partial charge in [-0.05, 0) is 24.1 Å². The second-order valence-electron chi connectivity index (χ2n) is 3.76. The number of benzene rings is 1. The second-order valence-corrected chi connectivity index (χ2v) is 3.76. The molecule has 0 saturated carbocycles. The van der Waals surface area contributed by atoms with Gasteiger partial charge < -0.3 is 10.5 Å². The molecular weight excluding hydrogens is 228 g/mol. The zero-order valence-electron chi connectivity index (χ0n) is 10.1. The Balaban J connectivity index is 2.15. The van der Waals surface area contributed by atoms with Crippen molar-refractivity contribution in [1.29, 1.82) is 5.41 Å². The van der Waals surface area contributed by atoms with Gasteiger partial charge in [0.15, 0.2) is 0 Å². The van der Waals surface area contributed by atoms with Gasteiger partial charge in [0.05, 0.1) is 12.4 Å². The lowest BCUT2D eigenvalue weighted by molar-refractivity contribution is 0.459. The summed E-state index contributed by atoms with van der Waals surface area (Å²) in [7, 11) is 0. The summed E-state index contributed by atoms with van der Waals surface area (Å²) in [6, 6.07) is 7.79. The first-order valence-corrected chi connectivity index (χ1v) is 5.62. The second kappa shape index (κ2) is 5.27. The van der Waals surface area contributed by atoms with Crippen molar-refractivity contribution in [3.05, 3.63) is 47.9 Å². The van der Waals surface area contributed by atoms with Crippen molar-refractivity contribution in [3.63, 3.8) is 0 Å². The van der Waals surface area contributed by atoms with Crippen molar-refractivity contribution >= 4 is 5.84 Å². The van der Waals surface area contributed by atoms with Crippen LogP contribution in [-0.2, 0) is 6.42 Å². The molecule has 0 aliphatic carbocycles. The van der Waals surface area contributed by atoms with Crippen molar-refractivity contribution < 1.29 is 4.74 Å². The normalized spacial score (nSPS) is 10.1. The summed E-state index contributed by atoms with van der Waals surface area (Å²) in [6.45, 7) is 2.08. The van der Waals surface area contributed by atoms with Crippen LogP contribution in [0, 0.1) is 5.41 Å². The van der Waals surface area contributed by atoms with Gasteiger partial charge in [0.1, 0.15) is 17.3 Å². The number of nitrogens with two attached hydrogens (primary N) is 1. The molecule has 1 heterocycles. The summed E-state index contributed by atoms with van der Waals surface area (Å²) in [5.74, 6) is 0.995. The Labute approximate surface area is 105 Å². The molecule has 1 aromatic heterocycles. The van der Waals surface area contributed by atoms with Gasteiger partial charge in [0.2, 0.25) is 5.88 Å². The fourth-order valence-electron chi connectivity index (χ4n) is 1.46. The van der Waals surface area contributed by atoms with Crippen LogP contribution in [0.2, 0.25) is 0 Å². The Morgan fingerprint density at radius 3 is 2.78 bits per heavy atom. The molecule has 3 N–H and O–H groups in total. The minimum Gasteiger partial charge on any atom is -0.437 e. The molecule has 0 aliphatic rings. The monoisotopic (exact) mass is 242 g/mol. The standard InChI is InChI=1S/C13H14N4O/c1-2-9-4-3-5-10(6-9)18-12-8-16-11(7-17-12)13(14)15/h3-8H,2H2,1H3,(H3,14,15). The summed E-state index contributed by atoms with van der Waals surface area (Å²) in [5, 5.41) is 7.21. The third-order valence-corrected chi connectivity index (χ3v) is 2.43. The summed E-state index contributed by atoms with van der Waals surface area (Å²) < 4.78 is 5.57. The maximum absolute atomic E-state index is 7.21. The van der Waals surface area contributed by atoms with E-state index in [9.17, 15) is 0 Å². The van der Waals surface area contributed by atoms with E-state index in [1.54, 1.807) is 0 Å². The molecule has 0 spiro atoms. The molecule has 92 valence electrons. The van der Waals surface area contributed by atoms with Crippen LogP contribution >= 0.6 is 0 Å². The number of amidine groups is 1. The van der Waals surface area contributed by atoms with Crippen LogP contribution in [0.1, 0.15) is 18.2 Å². The predicted molar refractivity (Wildman–Crippen MR) is 68.9 cm³/mol. The highest BCUT2D eigenvalue weighted by molar-refractivity contribution is 5.92. The van der Waals surface area contributed by atoms with E-state index in [2.05, 4.69) is 16.9 Å². The maximum atomic E-state index is 7.21. The van der Waals surface area contributed by atoms with Gasteiger partial charge in [0.25, 0.3) is 0 Å². The molecule has 0 atom stereocenters. The van der Waals surface area contributed by atoms with Gasteiger partial charge in [-0.3, -0.25) is 5.41 Å². The Morgan fingerprint density at radius 1 is 1.33 bits per heavy atom. The maximum Gasteiger partial charge on any atom is 0.237 e. The number of rotatable bonds is 4. The van der Waals surface area contributed by atoms with Gasteiger partial charge in [-0.15, -0.1) is 0 Å². The fraction of sp³-hybridized carbons (Fsp3) is 0.154. The van der Waals surface area contributed by atoms with E-state index in [1.807, 2.05) is 24.3 Å². The zero-order chi connectivity index (χ0) is 13.0. The lowest BCUT2D eigenvalue weighted by Crippen LogP contribution is -2.13. The molecule has 2 aromatic rings. The van der Waals surface area contributed by atoms with Crippen molar-refractivity contribution in [3.8, 4) is 11.6 Å². The van der Waals surface area contributed by atoms with Crippen LogP contribution in [0.25, 0.3) is 0 Å². The van der Waals surface area contributed by atoms with E-state index in [4.69, 9.17) is 15.9 Å². The number of hydrogen-bond acceptors (Lipinski definition) is 4. The van der Waals surface area contributed by atoms with Crippen LogP contribution in [0.15, 0.2) is 36.7 Å². The summed E-state index contributed by atoms with van der Waals surface area (Å²) >= 11 is 0. The third kappa shape index (κ3) is 2.82. The van der Waals surface area contributed by atoms with Crippen molar-refractivity contribution in [2.45, 2.75) is 13.3 Å². The van der Waals surface area contributed by atoms with Gasteiger partial charge in [-0.25, -0.2) is 9.97 Å². The highest BCUT2D eigenvalue weighted by Crippen LogP contribution is 2.19. The molecule has 2 rings (SSSR count). The molecule has 0 radical (unpaired) electrons. The predicted octanol–water partition coefficient (Wildman–Crippen LogP) is 2.12. The Kier molecular flexibility index (Phi) is 3.52. The molecule has 0 unspecified atom stereocenters. The number of nitrogen functional groups attached to an aromatic ring is 1. The summed E-state index contributed by atoms with van der Waals surface area (Å²) in [4.78, 5) is 8.03. The van der Waals surface area contributed by atoms with Crippen LogP contribution in [0.3, 0.4) is 0 Å². The van der Waals surface area contributed by atoms with Crippen LogP contribution in [0.4, 0.5) is 0 Å². The smallest absolute Gasteiger partial charge is 0.237 e. The van der Waals surface area contributed by atoms with E-state index in [1.165, 1.54) is 18.0 Å². The lowest BCUT2D eigenvalue weighted by atomic mass is 10.2. The van der Waals surface area contributed by atoms with Gasteiger partial charge in [-0.1, -0.05) is 19.1 Å². The third-order valence-electron chi connectivity index (χ3n) is 2.43. The Morgan fingerprint density at radius 2 is 2.17 bits per heavy atom. The molecular formula is C13H14N4O. The SMILES string of the molecule is CCc1cccc(Oc2cnc(C(=N)N)cn2)c1. The van der Waals surface area contributed by atoms with Crippen LogP contribution < -0.4 is 10.5 Å². The molecule has 0 bridgehead atoms. The first kappa shape index (κ1) is 12.0. The van der Waals surface area contributed by atoms with E-state index in [0.717, 1.165) is 12.2 Å². The fourth-order valence-corrected chi connectivity index (χ4v) is 1.46. The quantitative estimate of drug-likeness (QED) is 0.635. The first-order chi connectivity index (χ1) is 8.69. The first-order valence-electron chi connectivity index (χ1n) is 5.62. The number of nitrogens with one attached hydrogen (secondary N) is 1. The van der Waals surface area contributed by atoms with Gasteiger partial charge in [0, 0.05) is 0 Å². The molecule has 0 fully saturated rings. The highest BCUT2D eigenvalue weighted by atomic mass is 16.5. The van der Waals surface area contributed by atoms with E-state index in [-0.39, 0.29) is 5.84 Å². The van der Waals surface area contributed by atoms with Crippen molar-refractivity contribution in [2.24, 2.45) is 5.73 Å². The minimum absolute atomic E-state index is 0.109. The summed E-state index contributed by atoms with van der Waals surface area (Å²) in [5.41, 5.74) is 6.83. The molecule has 1 aromatic carbocycles. The average Bonchev–Trinajstić information content (AvgIpc) is 2.39. The zero-order valence-corrected chi connectivity index (χ0v) is 10.1. The van der Waals surface area contributed by atoms with E-state index < -0.39 is 0 Å². The molecule has 18 heavy (non-hydrogen) atoms. The van der Waals surface area contributed by atoms with E-state index >= 15 is 0 Å². The number of aromatic nitrogens is 2. The Hall–Kier alpha value is -2.43. The number of hydrogen-bond donors (Lipinski definition) is 2. The van der Waals surface area contributed by atoms with Gasteiger partial charge >= 0.3 is 0 Å². The van der Waals surface area contributed by atoms with Crippen molar-refractivity contribution in [1.82, 2.24) is 9.97 Å². The van der Waals surface area contributed by atoms with E-state index in [0.29, 0.717) is 11.6 Å². The highest BCUT2D eigenvalue weighted by Gasteiger charge is 2.02. The minimum atomic E-state index is -0.109. The number of nitrogens with zero attached hydrogens (tertiary/aromatic N) is 2. The molecule has 0 amide bonds. The van der Waals surface area contributed by atoms with Crippen LogP contribution in [0.5, 0.6) is 11.6 Å². The van der Waals surface area contributed by atoms with Crippen LogP contribution in [-0.4, -0.2) is 15.8 Å². The molecule has 5 heteroatoms. The molecule has 5 nitrogen and oxygen atoms in total. The van der Waals surface area contributed by atoms with Gasteiger partial charge in [-0.2, -0.15) is 0 Å². The Bertz CT molecular complexity index is 551. The molecule has 0 saturated heterocycles.